The lowest BCUT2D eigenvalue weighted by atomic mass is 10.2. The topological polar surface area (TPSA) is 55.8 Å². The zero-order valence-corrected chi connectivity index (χ0v) is 14.0. The van der Waals surface area contributed by atoms with Crippen LogP contribution in [0.4, 0.5) is 0 Å². The van der Waals surface area contributed by atoms with Gasteiger partial charge in [0.15, 0.2) is 8.32 Å². The molecule has 110 valence electrons. The maximum absolute atomic E-state index is 10.9. The zero-order chi connectivity index (χ0) is 15.3. The number of hydrogen-bond acceptors (Lipinski definition) is 4. The Labute approximate surface area is 117 Å². The van der Waals surface area contributed by atoms with E-state index in [1.54, 1.807) is 6.92 Å². The summed E-state index contributed by atoms with van der Waals surface area (Å²) in [4.78, 5) is 10.9. The van der Waals surface area contributed by atoms with Gasteiger partial charge in [-0.25, -0.2) is 4.79 Å². The van der Waals surface area contributed by atoms with Crippen molar-refractivity contribution >= 4 is 14.3 Å². The normalized spacial score (nSPS) is 13.5. The molecule has 4 nitrogen and oxygen atoms in total. The van der Waals surface area contributed by atoms with Crippen molar-refractivity contribution in [2.24, 2.45) is 0 Å². The van der Waals surface area contributed by atoms with Crippen molar-refractivity contribution in [3.63, 3.8) is 0 Å². The summed E-state index contributed by atoms with van der Waals surface area (Å²) in [6, 6.07) is 0. The molecule has 0 amide bonds. The fourth-order valence-corrected chi connectivity index (χ4v) is 1.96. The van der Waals surface area contributed by atoms with Crippen LogP contribution >= 0.6 is 0 Å². The lowest BCUT2D eigenvalue weighted by Crippen LogP contribution is -2.42. The average molecular weight is 286 g/mol. The molecule has 0 saturated carbocycles. The van der Waals surface area contributed by atoms with Gasteiger partial charge in [-0.1, -0.05) is 20.8 Å². The van der Waals surface area contributed by atoms with E-state index in [9.17, 15) is 9.90 Å². The van der Waals surface area contributed by atoms with E-state index in [0.29, 0.717) is 5.57 Å². The molecule has 0 bridgehead atoms. The quantitative estimate of drug-likeness (QED) is 0.365. The highest BCUT2D eigenvalue weighted by molar-refractivity contribution is 6.74. The van der Waals surface area contributed by atoms with Crippen molar-refractivity contribution in [3.05, 3.63) is 17.4 Å². The molecule has 5 heteroatoms. The molecule has 0 radical (unpaired) electrons. The van der Waals surface area contributed by atoms with Gasteiger partial charge in [-0.3, -0.25) is 0 Å². The molecule has 0 aromatic rings. The Hall–Kier alpha value is -0.873. The highest BCUT2D eigenvalue weighted by atomic mass is 28.4. The summed E-state index contributed by atoms with van der Waals surface area (Å²) in [6.45, 7) is 12.6. The van der Waals surface area contributed by atoms with Gasteiger partial charge < -0.3 is 14.3 Å². The van der Waals surface area contributed by atoms with E-state index >= 15 is 0 Å². The number of carbonyl (C=O) groups is 1. The van der Waals surface area contributed by atoms with Gasteiger partial charge >= 0.3 is 5.97 Å². The second-order valence-corrected chi connectivity index (χ2v) is 10.9. The molecule has 0 aromatic heterocycles. The van der Waals surface area contributed by atoms with Crippen molar-refractivity contribution in [2.75, 3.05) is 13.7 Å². The number of hydrogen-bond donors (Lipinski definition) is 1. The fourth-order valence-electron chi connectivity index (χ4n) is 0.957. The summed E-state index contributed by atoms with van der Waals surface area (Å²) in [7, 11) is -0.570. The SMILES string of the molecule is COC(=O)C=C=C(C)C(O)CO[Si](C)(C)C(C)(C)C. The Kier molecular flexibility index (Phi) is 6.73. The third-order valence-electron chi connectivity index (χ3n) is 3.53. The number of aliphatic hydroxyl groups excluding tert-OH is 1. The Morgan fingerprint density at radius 1 is 1.42 bits per heavy atom. The predicted molar refractivity (Wildman–Crippen MR) is 78.4 cm³/mol. The Balaban J connectivity index is 4.60. The second kappa shape index (κ2) is 7.06. The van der Waals surface area contributed by atoms with Crippen LogP contribution < -0.4 is 0 Å². The van der Waals surface area contributed by atoms with Crippen LogP contribution in [0.5, 0.6) is 0 Å². The van der Waals surface area contributed by atoms with Gasteiger partial charge in [0, 0.05) is 0 Å². The van der Waals surface area contributed by atoms with E-state index in [1.807, 2.05) is 0 Å². The van der Waals surface area contributed by atoms with Crippen LogP contribution in [0.25, 0.3) is 0 Å². The van der Waals surface area contributed by atoms with E-state index in [1.165, 1.54) is 13.2 Å². The summed E-state index contributed by atoms with van der Waals surface area (Å²) in [5.74, 6) is -0.489. The first-order valence-corrected chi connectivity index (χ1v) is 9.25. The number of ether oxygens (including phenoxy) is 1. The van der Waals surface area contributed by atoms with Crippen LogP contribution in [-0.2, 0) is 14.0 Å². The molecular weight excluding hydrogens is 260 g/mol. The highest BCUT2D eigenvalue weighted by Crippen LogP contribution is 2.36. The third kappa shape index (κ3) is 6.21. The number of esters is 1. The number of rotatable bonds is 5. The second-order valence-electron chi connectivity index (χ2n) is 6.08. The third-order valence-corrected chi connectivity index (χ3v) is 8.03. The molecule has 1 N–H and O–H groups in total. The van der Waals surface area contributed by atoms with Crippen LogP contribution in [0.3, 0.4) is 0 Å². The first kappa shape index (κ1) is 18.1. The minimum atomic E-state index is -1.87. The lowest BCUT2D eigenvalue weighted by Gasteiger charge is -2.36. The molecular formula is C14H26O4Si. The van der Waals surface area contributed by atoms with Gasteiger partial charge in [0.1, 0.15) is 6.10 Å². The molecule has 1 atom stereocenters. The molecule has 0 saturated heterocycles. The van der Waals surface area contributed by atoms with Gasteiger partial charge in [-0.15, -0.1) is 5.73 Å². The molecule has 0 heterocycles. The van der Waals surface area contributed by atoms with Crippen molar-refractivity contribution in [2.45, 2.75) is 51.9 Å². The van der Waals surface area contributed by atoms with Crippen LogP contribution in [0.2, 0.25) is 18.1 Å². The first-order chi connectivity index (χ1) is 8.51. The molecule has 0 aliphatic carbocycles. The number of carbonyl (C=O) groups excluding carboxylic acids is 1. The Morgan fingerprint density at radius 2 is 1.95 bits per heavy atom. The average Bonchev–Trinajstić information content (AvgIpc) is 2.30. The summed E-state index contributed by atoms with van der Waals surface area (Å²) >= 11 is 0. The molecule has 19 heavy (non-hydrogen) atoms. The van der Waals surface area contributed by atoms with E-state index in [2.05, 4.69) is 44.3 Å². The van der Waals surface area contributed by atoms with Crippen LogP contribution in [0, 0.1) is 0 Å². The minimum absolute atomic E-state index is 0.103. The Morgan fingerprint density at radius 3 is 2.37 bits per heavy atom. The largest absolute Gasteiger partial charge is 0.465 e. The standard InChI is InChI=1S/C14H26O4Si/c1-11(8-9-13(16)17-5)12(15)10-18-19(6,7)14(2,3)4/h9,12,15H,10H2,1-7H3. The van der Waals surface area contributed by atoms with Crippen molar-refractivity contribution < 1.29 is 19.1 Å². The maximum Gasteiger partial charge on any atom is 0.338 e. The van der Waals surface area contributed by atoms with Crippen molar-refractivity contribution in [1.82, 2.24) is 0 Å². The zero-order valence-electron chi connectivity index (χ0n) is 13.0. The van der Waals surface area contributed by atoms with Gasteiger partial charge in [0.2, 0.25) is 0 Å². The molecule has 0 fully saturated rings. The summed E-state index contributed by atoms with van der Waals surface area (Å²) in [5.41, 5.74) is 3.27. The van der Waals surface area contributed by atoms with Gasteiger partial charge in [-0.05, 0) is 30.6 Å². The highest BCUT2D eigenvalue weighted by Gasteiger charge is 2.37. The van der Waals surface area contributed by atoms with E-state index < -0.39 is 20.4 Å². The molecule has 0 aliphatic heterocycles. The molecule has 0 spiro atoms. The van der Waals surface area contributed by atoms with E-state index in [4.69, 9.17) is 4.43 Å². The van der Waals surface area contributed by atoms with E-state index in [0.717, 1.165) is 0 Å². The minimum Gasteiger partial charge on any atom is -0.465 e. The predicted octanol–water partition coefficient (Wildman–Crippen LogP) is 2.64. The lowest BCUT2D eigenvalue weighted by molar-refractivity contribution is -0.134. The summed E-state index contributed by atoms with van der Waals surface area (Å²) in [6.07, 6.45) is 0.417. The van der Waals surface area contributed by atoms with Gasteiger partial charge in [0.25, 0.3) is 0 Å². The van der Waals surface area contributed by atoms with Crippen LogP contribution in [0.15, 0.2) is 17.4 Å². The molecule has 0 aromatic carbocycles. The smallest absolute Gasteiger partial charge is 0.338 e. The van der Waals surface area contributed by atoms with Crippen molar-refractivity contribution in [1.29, 1.82) is 0 Å². The number of methoxy groups -OCH3 is 1. The summed E-state index contributed by atoms with van der Waals surface area (Å²) < 4.78 is 10.4. The Bertz CT molecular complexity index is 373. The first-order valence-electron chi connectivity index (χ1n) is 6.34. The van der Waals surface area contributed by atoms with Crippen LogP contribution in [0.1, 0.15) is 27.7 Å². The van der Waals surface area contributed by atoms with Gasteiger partial charge in [0.05, 0.1) is 19.8 Å². The maximum atomic E-state index is 10.9. The number of aliphatic hydroxyl groups is 1. The van der Waals surface area contributed by atoms with Crippen molar-refractivity contribution in [3.8, 4) is 0 Å². The van der Waals surface area contributed by atoms with Crippen LogP contribution in [-0.4, -0.2) is 39.2 Å². The van der Waals surface area contributed by atoms with Gasteiger partial charge in [-0.2, -0.15) is 0 Å². The molecule has 1 unspecified atom stereocenters. The van der Waals surface area contributed by atoms with E-state index in [-0.39, 0.29) is 11.6 Å². The monoisotopic (exact) mass is 286 g/mol. The molecule has 0 rings (SSSR count). The summed E-state index contributed by atoms with van der Waals surface area (Å²) in [5, 5.41) is 10.1. The fraction of sp³-hybridized carbons (Fsp3) is 0.714. The molecule has 0 aliphatic rings.